The van der Waals surface area contributed by atoms with Crippen molar-refractivity contribution in [2.45, 2.75) is 26.4 Å². The lowest BCUT2D eigenvalue weighted by Gasteiger charge is -2.37. The van der Waals surface area contributed by atoms with Gasteiger partial charge in [0, 0.05) is 18.3 Å². The maximum Gasteiger partial charge on any atom is 0.258 e. The molecule has 1 aliphatic rings. The summed E-state index contributed by atoms with van der Waals surface area (Å²) >= 11 is 0. The van der Waals surface area contributed by atoms with Gasteiger partial charge in [-0.15, -0.1) is 10.2 Å². The second-order valence-corrected chi connectivity index (χ2v) is 7.55. The highest BCUT2D eigenvalue weighted by Crippen LogP contribution is 2.33. The van der Waals surface area contributed by atoms with Crippen LogP contribution in [0.1, 0.15) is 36.1 Å². The maximum absolute atomic E-state index is 13.5. The van der Waals surface area contributed by atoms with Crippen LogP contribution in [0.15, 0.2) is 55.0 Å². The van der Waals surface area contributed by atoms with Gasteiger partial charge in [0.15, 0.2) is 17.3 Å². The fraction of sp³-hybridized carbons (Fsp3) is 0.286. The fourth-order valence-corrected chi connectivity index (χ4v) is 3.99. The van der Waals surface area contributed by atoms with Crippen LogP contribution in [0.5, 0.6) is 0 Å². The van der Waals surface area contributed by atoms with Gasteiger partial charge in [0.1, 0.15) is 6.33 Å². The van der Waals surface area contributed by atoms with Gasteiger partial charge in [-0.2, -0.15) is 5.10 Å². The number of aromatic nitrogens is 6. The van der Waals surface area contributed by atoms with E-state index in [2.05, 4.69) is 24.0 Å². The highest BCUT2D eigenvalue weighted by molar-refractivity contribution is 6.00. The van der Waals surface area contributed by atoms with E-state index in [1.165, 1.54) is 0 Å². The van der Waals surface area contributed by atoms with Crippen molar-refractivity contribution in [3.63, 3.8) is 0 Å². The normalized spacial score (nSPS) is 16.4. The number of carbonyl (C=O) groups is 1. The molecule has 0 bridgehead atoms. The SMILES string of the molecule is CC(C)[C@H]1c2nc(-c3ccccc3)nn2CCN1C(=O)c1cccn2cnnc12. The highest BCUT2D eigenvalue weighted by Gasteiger charge is 2.37. The van der Waals surface area contributed by atoms with E-state index in [-0.39, 0.29) is 17.9 Å². The molecule has 0 radical (unpaired) electrons. The number of fused-ring (bicyclic) bond motifs is 2. The Labute approximate surface area is 167 Å². The molecule has 5 rings (SSSR count). The summed E-state index contributed by atoms with van der Waals surface area (Å²) in [6.07, 6.45) is 3.44. The molecule has 0 fully saturated rings. The Hall–Kier alpha value is -3.55. The van der Waals surface area contributed by atoms with E-state index >= 15 is 0 Å². The standard InChI is InChI=1S/C21H21N7O/c1-14(2)17-20-23-18(15-7-4-3-5-8-15)25-28(20)12-11-27(17)21(29)16-9-6-10-26-13-22-24-19(16)26/h3-10,13-14,17H,11-12H2,1-2H3/t17-/m0/s1. The molecule has 3 aromatic heterocycles. The zero-order valence-electron chi connectivity index (χ0n) is 16.3. The highest BCUT2D eigenvalue weighted by atomic mass is 16.2. The zero-order valence-corrected chi connectivity index (χ0v) is 16.3. The summed E-state index contributed by atoms with van der Waals surface area (Å²) in [4.78, 5) is 20.2. The monoisotopic (exact) mass is 387 g/mol. The second kappa shape index (κ2) is 6.80. The van der Waals surface area contributed by atoms with E-state index in [9.17, 15) is 4.79 Å². The molecule has 0 saturated heterocycles. The molecule has 0 saturated carbocycles. The van der Waals surface area contributed by atoms with Crippen LogP contribution < -0.4 is 0 Å². The predicted molar refractivity (Wildman–Crippen MR) is 107 cm³/mol. The lowest BCUT2D eigenvalue weighted by atomic mass is 9.99. The lowest BCUT2D eigenvalue weighted by molar-refractivity contribution is 0.0538. The first-order valence-electron chi connectivity index (χ1n) is 9.73. The van der Waals surface area contributed by atoms with Crippen molar-refractivity contribution in [1.29, 1.82) is 0 Å². The van der Waals surface area contributed by atoms with Crippen LogP contribution in [0.2, 0.25) is 0 Å². The minimum Gasteiger partial charge on any atom is -0.326 e. The van der Waals surface area contributed by atoms with E-state index in [4.69, 9.17) is 10.1 Å². The first-order chi connectivity index (χ1) is 14.1. The summed E-state index contributed by atoms with van der Waals surface area (Å²) < 4.78 is 3.70. The maximum atomic E-state index is 13.5. The summed E-state index contributed by atoms with van der Waals surface area (Å²) in [6, 6.07) is 13.4. The Morgan fingerprint density at radius 3 is 2.72 bits per heavy atom. The molecule has 0 aliphatic carbocycles. The molecule has 1 amide bonds. The number of hydrogen-bond donors (Lipinski definition) is 0. The van der Waals surface area contributed by atoms with Gasteiger partial charge in [-0.3, -0.25) is 9.20 Å². The lowest BCUT2D eigenvalue weighted by Crippen LogP contribution is -2.44. The van der Waals surface area contributed by atoms with Crippen molar-refractivity contribution in [3.05, 3.63) is 66.4 Å². The smallest absolute Gasteiger partial charge is 0.258 e. The van der Waals surface area contributed by atoms with Crippen molar-refractivity contribution >= 4 is 11.6 Å². The summed E-state index contributed by atoms with van der Waals surface area (Å²) in [7, 11) is 0. The summed E-state index contributed by atoms with van der Waals surface area (Å²) in [5.74, 6) is 1.65. The van der Waals surface area contributed by atoms with E-state index in [0.29, 0.717) is 30.1 Å². The van der Waals surface area contributed by atoms with Crippen molar-refractivity contribution in [2.24, 2.45) is 5.92 Å². The van der Waals surface area contributed by atoms with Crippen LogP contribution in [-0.4, -0.2) is 46.7 Å². The minimum atomic E-state index is -0.163. The Kier molecular flexibility index (Phi) is 4.12. The fourth-order valence-electron chi connectivity index (χ4n) is 3.99. The quantitative estimate of drug-likeness (QED) is 0.540. The van der Waals surface area contributed by atoms with Crippen LogP contribution in [0.3, 0.4) is 0 Å². The number of nitrogens with zero attached hydrogens (tertiary/aromatic N) is 7. The molecule has 29 heavy (non-hydrogen) atoms. The third kappa shape index (κ3) is 2.88. The van der Waals surface area contributed by atoms with Gasteiger partial charge in [0.2, 0.25) is 0 Å². The van der Waals surface area contributed by atoms with Gasteiger partial charge in [-0.1, -0.05) is 44.2 Å². The van der Waals surface area contributed by atoms with E-state index in [1.54, 1.807) is 16.8 Å². The average molecular weight is 387 g/mol. The molecule has 4 heterocycles. The summed E-state index contributed by atoms with van der Waals surface area (Å²) in [5.41, 5.74) is 2.09. The Bertz CT molecular complexity index is 1180. The Morgan fingerprint density at radius 2 is 1.93 bits per heavy atom. The molecule has 8 nitrogen and oxygen atoms in total. The van der Waals surface area contributed by atoms with Crippen molar-refractivity contribution in [1.82, 2.24) is 34.3 Å². The predicted octanol–water partition coefficient (Wildman–Crippen LogP) is 2.84. The Morgan fingerprint density at radius 1 is 1.10 bits per heavy atom. The van der Waals surface area contributed by atoms with Gasteiger partial charge < -0.3 is 4.90 Å². The molecular formula is C21H21N7O. The molecule has 1 atom stereocenters. The topological polar surface area (TPSA) is 81.2 Å². The largest absolute Gasteiger partial charge is 0.326 e. The van der Waals surface area contributed by atoms with Crippen molar-refractivity contribution in [2.75, 3.05) is 6.54 Å². The third-order valence-corrected chi connectivity index (χ3v) is 5.33. The molecule has 1 aliphatic heterocycles. The van der Waals surface area contributed by atoms with Gasteiger partial charge in [0.05, 0.1) is 18.2 Å². The number of carbonyl (C=O) groups excluding carboxylic acids is 1. The molecule has 8 heteroatoms. The molecule has 4 aromatic rings. The molecule has 0 unspecified atom stereocenters. The molecule has 146 valence electrons. The van der Waals surface area contributed by atoms with Gasteiger partial charge in [-0.05, 0) is 18.1 Å². The second-order valence-electron chi connectivity index (χ2n) is 7.55. The van der Waals surface area contributed by atoms with Crippen LogP contribution >= 0.6 is 0 Å². The molecule has 1 aromatic carbocycles. The van der Waals surface area contributed by atoms with Gasteiger partial charge >= 0.3 is 0 Å². The average Bonchev–Trinajstić information content (AvgIpc) is 3.39. The third-order valence-electron chi connectivity index (χ3n) is 5.33. The number of rotatable bonds is 3. The van der Waals surface area contributed by atoms with E-state index in [1.807, 2.05) is 52.2 Å². The van der Waals surface area contributed by atoms with Gasteiger partial charge in [0.25, 0.3) is 5.91 Å². The van der Waals surface area contributed by atoms with Crippen molar-refractivity contribution in [3.8, 4) is 11.4 Å². The minimum absolute atomic E-state index is 0.0576. The number of hydrogen-bond acceptors (Lipinski definition) is 5. The van der Waals surface area contributed by atoms with Gasteiger partial charge in [-0.25, -0.2) is 9.67 Å². The summed E-state index contributed by atoms with van der Waals surface area (Å²) in [6.45, 7) is 5.39. The molecule has 0 spiro atoms. The number of pyridine rings is 1. The van der Waals surface area contributed by atoms with Crippen LogP contribution in [0.25, 0.3) is 17.0 Å². The molecule has 0 N–H and O–H groups in total. The zero-order chi connectivity index (χ0) is 20.0. The van der Waals surface area contributed by atoms with Crippen LogP contribution in [-0.2, 0) is 6.54 Å². The molecular weight excluding hydrogens is 366 g/mol. The number of benzene rings is 1. The van der Waals surface area contributed by atoms with Crippen LogP contribution in [0.4, 0.5) is 0 Å². The first kappa shape index (κ1) is 17.5. The Balaban J connectivity index is 1.55. The van der Waals surface area contributed by atoms with Crippen molar-refractivity contribution < 1.29 is 4.79 Å². The first-order valence-corrected chi connectivity index (χ1v) is 9.73. The number of amides is 1. The van der Waals surface area contributed by atoms with E-state index in [0.717, 1.165) is 11.4 Å². The summed E-state index contributed by atoms with van der Waals surface area (Å²) in [5, 5.41) is 12.8. The van der Waals surface area contributed by atoms with Crippen LogP contribution in [0, 0.1) is 5.92 Å². The van der Waals surface area contributed by atoms with E-state index < -0.39 is 0 Å².